The lowest BCUT2D eigenvalue weighted by Gasteiger charge is -2.47. The summed E-state index contributed by atoms with van der Waals surface area (Å²) >= 11 is 0. The number of nitrogens with two attached hydrogens (primary N) is 2. The molecule has 14 nitrogen and oxygen atoms in total. The van der Waals surface area contributed by atoms with Crippen molar-refractivity contribution < 1.29 is 57.8 Å². The molecule has 6 rings (SSSR count). The van der Waals surface area contributed by atoms with Gasteiger partial charge in [0.05, 0.1) is 26.4 Å². The summed E-state index contributed by atoms with van der Waals surface area (Å²) in [6.07, 6.45) is 18.4. The number of aliphatic carboxylic acids is 2. The zero-order valence-corrected chi connectivity index (χ0v) is 48.1. The Kier molecular flexibility index (Phi) is 26.1. The number of carboxylic acid groups (broad SMARTS) is 2. The monoisotopic (exact) mass is 1130 g/mol. The molecule has 0 aromatic heterocycles. The summed E-state index contributed by atoms with van der Waals surface area (Å²) in [6.45, 7) is 6.47. The van der Waals surface area contributed by atoms with E-state index in [1.807, 2.05) is 48.5 Å². The first-order valence-electron chi connectivity index (χ1n) is 29.2. The summed E-state index contributed by atoms with van der Waals surface area (Å²) in [5.74, 6) is -0.146. The standard InChI is InChI=1S/C69H82N2O12/c1-3-5-13-47-78-60-35-39-62(40-36-60)82-64(72)43-23-52-19-31-58(32-20-52)80-49-15-9-7-11-45-68(55-25-29-57(71)30-26-55,69(66(74)75,67(76)77)51-54-17-27-56(70)28-18-54)46-12-8-10-16-50-81-59-33-21-53(22-34-59)24-44-65(73)83-63-41-37-61(38-42-63)79-48-14-6-4-2/h17-44H,3-16,45-51,70-71H2,1-2H3,(H,74,75)(H,76,77). The Hall–Kier alpha value is -8.52. The third-order valence-electron chi connectivity index (χ3n) is 14.7. The van der Waals surface area contributed by atoms with Crippen LogP contribution in [0.2, 0.25) is 0 Å². The topological polar surface area (TPSA) is 216 Å². The minimum atomic E-state index is -2.25. The van der Waals surface area contributed by atoms with E-state index in [1.54, 1.807) is 109 Å². The number of unbranched alkanes of at least 4 members (excludes halogenated alkanes) is 10. The van der Waals surface area contributed by atoms with E-state index < -0.39 is 34.7 Å². The molecule has 83 heavy (non-hydrogen) atoms. The van der Waals surface area contributed by atoms with Crippen molar-refractivity contribution >= 4 is 47.4 Å². The Labute approximate surface area is 489 Å². The molecule has 0 saturated heterocycles. The van der Waals surface area contributed by atoms with Crippen molar-refractivity contribution in [2.45, 2.75) is 128 Å². The molecule has 0 aliphatic heterocycles. The first-order valence-corrected chi connectivity index (χ1v) is 29.2. The first-order chi connectivity index (χ1) is 40.3. The minimum absolute atomic E-state index is 0.255. The van der Waals surface area contributed by atoms with Crippen molar-refractivity contribution in [3.8, 4) is 34.5 Å². The van der Waals surface area contributed by atoms with Crippen LogP contribution in [0.15, 0.2) is 158 Å². The van der Waals surface area contributed by atoms with E-state index in [1.165, 1.54) is 12.2 Å². The van der Waals surface area contributed by atoms with Gasteiger partial charge in [0, 0.05) is 35.4 Å². The maximum absolute atomic E-state index is 13.9. The van der Waals surface area contributed by atoms with E-state index in [0.717, 1.165) is 74.0 Å². The number of carbonyl (C=O) groups excluding carboxylic acids is 2. The summed E-state index contributed by atoms with van der Waals surface area (Å²) in [4.78, 5) is 52.9. The maximum Gasteiger partial charge on any atom is 0.336 e. The van der Waals surface area contributed by atoms with E-state index in [-0.39, 0.29) is 6.42 Å². The van der Waals surface area contributed by atoms with E-state index in [4.69, 9.17) is 39.9 Å². The van der Waals surface area contributed by atoms with Gasteiger partial charge in [-0.3, -0.25) is 9.59 Å². The van der Waals surface area contributed by atoms with Gasteiger partial charge in [0.15, 0.2) is 5.41 Å². The number of carbonyl (C=O) groups is 4. The highest BCUT2D eigenvalue weighted by Crippen LogP contribution is 2.52. The Balaban J connectivity index is 1.01. The molecule has 0 bridgehead atoms. The second kappa shape index (κ2) is 34.0. The number of anilines is 2. The SMILES string of the molecule is CCCCCOc1ccc(OC(=O)C=Cc2ccc(OCCCCCCC(CCCCCCOc3ccc(C=CC(=O)Oc4ccc(OCCCCC)cc4)cc3)(c3ccc(N)cc3)C(Cc3ccc(N)cc3)(C(=O)O)C(=O)O)cc2)cc1. The summed E-state index contributed by atoms with van der Waals surface area (Å²) < 4.78 is 34.5. The van der Waals surface area contributed by atoms with Crippen LogP contribution in [-0.2, 0) is 31.0 Å². The van der Waals surface area contributed by atoms with Crippen LogP contribution in [0.4, 0.5) is 11.4 Å². The van der Waals surface area contributed by atoms with E-state index in [0.29, 0.717) is 123 Å². The Morgan fingerprint density at radius 1 is 0.410 bits per heavy atom. The fraction of sp³-hybridized carbons (Fsp3) is 0.362. The highest BCUT2D eigenvalue weighted by Gasteiger charge is 2.62. The smallest absolute Gasteiger partial charge is 0.336 e. The van der Waals surface area contributed by atoms with Gasteiger partial charge in [-0.15, -0.1) is 0 Å². The highest BCUT2D eigenvalue weighted by molar-refractivity contribution is 6.01. The van der Waals surface area contributed by atoms with Crippen LogP contribution in [0.25, 0.3) is 12.2 Å². The summed E-state index contributed by atoms with van der Waals surface area (Å²) in [5.41, 5.74) is 12.4. The summed E-state index contributed by atoms with van der Waals surface area (Å²) in [6, 6.07) is 42.5. The molecule has 0 unspecified atom stereocenters. The van der Waals surface area contributed by atoms with Crippen molar-refractivity contribution in [1.29, 1.82) is 0 Å². The van der Waals surface area contributed by atoms with Gasteiger partial charge >= 0.3 is 23.9 Å². The van der Waals surface area contributed by atoms with Gasteiger partial charge in [-0.05, 0) is 170 Å². The van der Waals surface area contributed by atoms with Crippen LogP contribution >= 0.6 is 0 Å². The Bertz CT molecular complexity index is 2800. The predicted octanol–water partition coefficient (Wildman–Crippen LogP) is 14.9. The van der Waals surface area contributed by atoms with Gasteiger partial charge in [0.25, 0.3) is 0 Å². The van der Waals surface area contributed by atoms with E-state index >= 15 is 0 Å². The number of nitrogen functional groups attached to an aromatic ring is 2. The van der Waals surface area contributed by atoms with E-state index in [9.17, 15) is 29.4 Å². The third kappa shape index (κ3) is 20.5. The third-order valence-corrected chi connectivity index (χ3v) is 14.7. The van der Waals surface area contributed by atoms with Crippen LogP contribution in [0.1, 0.15) is 139 Å². The van der Waals surface area contributed by atoms with Crippen LogP contribution < -0.4 is 39.9 Å². The van der Waals surface area contributed by atoms with Crippen LogP contribution in [-0.4, -0.2) is 60.5 Å². The molecule has 14 heteroatoms. The van der Waals surface area contributed by atoms with Gasteiger partial charge < -0.3 is 50.1 Å². The molecule has 0 fully saturated rings. The average molecular weight is 1130 g/mol. The number of carboxylic acids is 2. The molecule has 0 amide bonds. The highest BCUT2D eigenvalue weighted by atomic mass is 16.5. The normalized spacial score (nSPS) is 12.2. The maximum atomic E-state index is 13.9. The largest absolute Gasteiger partial charge is 0.494 e. The van der Waals surface area contributed by atoms with Gasteiger partial charge in [0.1, 0.15) is 34.5 Å². The first kappa shape index (κ1) is 63.7. The fourth-order valence-corrected chi connectivity index (χ4v) is 10.1. The molecule has 0 spiro atoms. The Morgan fingerprint density at radius 2 is 0.735 bits per heavy atom. The molecule has 0 aliphatic rings. The van der Waals surface area contributed by atoms with Gasteiger partial charge in [-0.25, -0.2) is 9.59 Å². The zero-order valence-electron chi connectivity index (χ0n) is 48.1. The molecular weight excluding hydrogens is 1050 g/mol. The quantitative estimate of drug-likeness (QED) is 0.00709. The molecule has 6 aromatic rings. The number of ether oxygens (including phenoxy) is 6. The second-order valence-corrected chi connectivity index (χ2v) is 20.9. The van der Waals surface area contributed by atoms with Crippen molar-refractivity contribution in [2.75, 3.05) is 37.9 Å². The molecule has 0 atom stereocenters. The molecular formula is C69H82N2O12. The minimum Gasteiger partial charge on any atom is -0.494 e. The molecule has 0 heterocycles. The fourth-order valence-electron chi connectivity index (χ4n) is 10.1. The summed E-state index contributed by atoms with van der Waals surface area (Å²) in [5, 5.41) is 22.7. The van der Waals surface area contributed by atoms with Gasteiger partial charge in [0.2, 0.25) is 0 Å². The molecule has 6 aromatic carbocycles. The van der Waals surface area contributed by atoms with Crippen molar-refractivity contribution in [2.24, 2.45) is 5.41 Å². The van der Waals surface area contributed by atoms with Crippen molar-refractivity contribution in [1.82, 2.24) is 0 Å². The lowest BCUT2D eigenvalue weighted by molar-refractivity contribution is -0.172. The molecule has 0 aliphatic carbocycles. The lowest BCUT2D eigenvalue weighted by atomic mass is 9.53. The predicted molar refractivity (Wildman–Crippen MR) is 327 cm³/mol. The van der Waals surface area contributed by atoms with Crippen LogP contribution in [0.5, 0.6) is 34.5 Å². The number of rotatable bonds is 38. The van der Waals surface area contributed by atoms with Crippen molar-refractivity contribution in [3.05, 3.63) is 180 Å². The van der Waals surface area contributed by atoms with Crippen molar-refractivity contribution in [3.63, 3.8) is 0 Å². The van der Waals surface area contributed by atoms with Gasteiger partial charge in [-0.1, -0.05) is 127 Å². The second-order valence-electron chi connectivity index (χ2n) is 20.9. The average Bonchev–Trinajstić information content (AvgIpc) is 1.72. The summed E-state index contributed by atoms with van der Waals surface area (Å²) in [7, 11) is 0. The Morgan fingerprint density at radius 3 is 1.10 bits per heavy atom. The molecule has 440 valence electrons. The van der Waals surface area contributed by atoms with Gasteiger partial charge in [-0.2, -0.15) is 0 Å². The number of benzene rings is 6. The number of hydrogen-bond donors (Lipinski definition) is 4. The van der Waals surface area contributed by atoms with Crippen LogP contribution in [0, 0.1) is 5.41 Å². The van der Waals surface area contributed by atoms with Crippen LogP contribution in [0.3, 0.4) is 0 Å². The molecule has 0 saturated carbocycles. The lowest BCUT2D eigenvalue weighted by Crippen LogP contribution is -2.57. The number of hydrogen-bond acceptors (Lipinski definition) is 12. The number of esters is 2. The zero-order chi connectivity index (χ0) is 59.1. The van der Waals surface area contributed by atoms with E-state index in [2.05, 4.69) is 13.8 Å². The molecule has 6 N–H and O–H groups in total. The molecule has 0 radical (unpaired) electrons.